The Morgan fingerprint density at radius 3 is 2.00 bits per heavy atom. The van der Waals surface area contributed by atoms with E-state index in [1.54, 1.807) is 0 Å². The summed E-state index contributed by atoms with van der Waals surface area (Å²) in [6.07, 6.45) is -13.3. The highest BCUT2D eigenvalue weighted by Gasteiger charge is 2.76. The van der Waals surface area contributed by atoms with Crippen LogP contribution in [0.5, 0.6) is 0 Å². The zero-order chi connectivity index (χ0) is 20.6. The van der Waals surface area contributed by atoms with Gasteiger partial charge >= 0.3 is 23.9 Å². The van der Waals surface area contributed by atoms with E-state index in [1.807, 2.05) is 0 Å². The van der Waals surface area contributed by atoms with Crippen LogP contribution in [0.3, 0.4) is 0 Å². The monoisotopic (exact) mass is 408 g/mol. The lowest BCUT2D eigenvalue weighted by molar-refractivity contribution is -0.356. The number of carbonyl (C=O) groups is 1. The van der Waals surface area contributed by atoms with Crippen molar-refractivity contribution in [1.82, 2.24) is 0 Å². The summed E-state index contributed by atoms with van der Waals surface area (Å²) in [5.74, 6) is -7.04. The number of hydrogen-bond donors (Lipinski definition) is 1. The van der Waals surface area contributed by atoms with E-state index in [2.05, 4.69) is 4.74 Å². The van der Waals surface area contributed by atoms with Crippen LogP contribution < -0.4 is 0 Å². The van der Waals surface area contributed by atoms with Gasteiger partial charge < -0.3 is 4.74 Å². The zero-order valence-electron chi connectivity index (χ0n) is 12.4. The second-order valence-corrected chi connectivity index (χ2v) is 6.41. The average Bonchev–Trinajstić information content (AvgIpc) is 2.43. The third-order valence-corrected chi connectivity index (χ3v) is 3.83. The average molecular weight is 408 g/mol. The van der Waals surface area contributed by atoms with E-state index in [0.717, 1.165) is 6.07 Å². The van der Waals surface area contributed by atoms with Gasteiger partial charge in [0.2, 0.25) is 0 Å². The molecule has 0 spiro atoms. The van der Waals surface area contributed by atoms with Gasteiger partial charge in [-0.2, -0.15) is 34.8 Å². The molecule has 0 fully saturated rings. The van der Waals surface area contributed by atoms with Gasteiger partial charge in [0.1, 0.15) is 11.6 Å². The van der Waals surface area contributed by atoms with Gasteiger partial charge in [-0.25, -0.2) is 9.18 Å². The maximum absolute atomic E-state index is 13.6. The van der Waals surface area contributed by atoms with Crippen LogP contribution in [0.1, 0.15) is 15.9 Å². The van der Waals surface area contributed by atoms with Gasteiger partial charge in [0.15, 0.2) is 0 Å². The summed E-state index contributed by atoms with van der Waals surface area (Å²) in [5, 5.41) is 0. The topological polar surface area (TPSA) is 80.7 Å². The standard InChI is InChI=1S/C12H8BF7O5S/c13-4-6-1-2-8(14)7(3-6)9(21)25-10(11(15,16)17,12(18,19)20)5-26(22,23)24/h1-3H,4-5H2,(H,22,23,24). The second kappa shape index (κ2) is 7.06. The van der Waals surface area contributed by atoms with Crippen LogP contribution in [0, 0.1) is 5.82 Å². The maximum atomic E-state index is 13.6. The van der Waals surface area contributed by atoms with E-state index in [9.17, 15) is 43.9 Å². The van der Waals surface area contributed by atoms with Gasteiger partial charge in [-0.3, -0.25) is 4.55 Å². The third-order valence-electron chi connectivity index (χ3n) is 3.05. The minimum atomic E-state index is -6.50. The van der Waals surface area contributed by atoms with Crippen molar-refractivity contribution in [2.75, 3.05) is 5.75 Å². The Labute approximate surface area is 143 Å². The highest BCUT2D eigenvalue weighted by atomic mass is 32.2. The molecule has 0 saturated carbocycles. The highest BCUT2D eigenvalue weighted by Crippen LogP contribution is 2.47. The summed E-state index contributed by atoms with van der Waals surface area (Å²) in [6, 6.07) is 2.10. The molecule has 0 saturated heterocycles. The molecule has 26 heavy (non-hydrogen) atoms. The van der Waals surface area contributed by atoms with Crippen LogP contribution in [0.25, 0.3) is 0 Å². The Balaban J connectivity index is 3.53. The molecule has 0 aliphatic carbocycles. The zero-order valence-corrected chi connectivity index (χ0v) is 13.2. The fourth-order valence-electron chi connectivity index (χ4n) is 1.80. The van der Waals surface area contributed by atoms with E-state index in [-0.39, 0.29) is 11.9 Å². The molecule has 1 aromatic rings. The number of esters is 1. The molecule has 1 rings (SSSR count). The molecule has 0 heterocycles. The van der Waals surface area contributed by atoms with Gasteiger partial charge in [-0.15, -0.1) is 0 Å². The summed E-state index contributed by atoms with van der Waals surface area (Å²) in [4.78, 5) is 11.7. The minimum Gasteiger partial charge on any atom is -0.434 e. The van der Waals surface area contributed by atoms with Crippen molar-refractivity contribution in [1.29, 1.82) is 0 Å². The molecule has 0 bridgehead atoms. The van der Waals surface area contributed by atoms with Crippen molar-refractivity contribution in [3.8, 4) is 0 Å². The van der Waals surface area contributed by atoms with Gasteiger partial charge in [-0.05, 0) is 12.1 Å². The summed E-state index contributed by atoms with van der Waals surface area (Å²) >= 11 is 0. The highest BCUT2D eigenvalue weighted by molar-refractivity contribution is 7.85. The Hall–Kier alpha value is -1.83. The molecular formula is C12H8BF7O5S. The van der Waals surface area contributed by atoms with Crippen LogP contribution in [0.15, 0.2) is 18.2 Å². The maximum Gasteiger partial charge on any atom is 0.438 e. The van der Waals surface area contributed by atoms with Crippen molar-refractivity contribution >= 4 is 23.9 Å². The van der Waals surface area contributed by atoms with Crippen LogP contribution in [0.4, 0.5) is 30.7 Å². The predicted octanol–water partition coefficient (Wildman–Crippen LogP) is 2.40. The lowest BCUT2D eigenvalue weighted by atomic mass is 9.95. The molecule has 0 aliphatic heterocycles. The lowest BCUT2D eigenvalue weighted by Crippen LogP contribution is -2.63. The largest absolute Gasteiger partial charge is 0.438 e. The number of carbonyl (C=O) groups excluding carboxylic acids is 1. The van der Waals surface area contributed by atoms with E-state index >= 15 is 0 Å². The number of alkyl halides is 6. The summed E-state index contributed by atoms with van der Waals surface area (Å²) in [7, 11) is -0.759. The van der Waals surface area contributed by atoms with Gasteiger partial charge in [0.05, 0.1) is 13.4 Å². The van der Waals surface area contributed by atoms with Gasteiger partial charge in [-0.1, -0.05) is 17.9 Å². The molecule has 5 nitrogen and oxygen atoms in total. The van der Waals surface area contributed by atoms with Crippen molar-refractivity contribution in [3.05, 3.63) is 35.1 Å². The molecule has 0 aromatic heterocycles. The van der Waals surface area contributed by atoms with E-state index < -0.39 is 51.2 Å². The summed E-state index contributed by atoms with van der Waals surface area (Å²) in [6.45, 7) is 0. The summed E-state index contributed by atoms with van der Waals surface area (Å²) < 4.78 is 125. The molecule has 0 atom stereocenters. The number of halogens is 7. The summed E-state index contributed by atoms with van der Waals surface area (Å²) in [5.41, 5.74) is -6.98. The number of hydrogen-bond acceptors (Lipinski definition) is 4. The number of ether oxygens (including phenoxy) is 1. The first kappa shape index (κ1) is 22.2. The molecule has 2 radical (unpaired) electrons. The van der Waals surface area contributed by atoms with E-state index in [0.29, 0.717) is 12.1 Å². The fraction of sp³-hybridized carbons (Fsp3) is 0.417. The Morgan fingerprint density at radius 2 is 1.62 bits per heavy atom. The van der Waals surface area contributed by atoms with E-state index in [1.165, 1.54) is 0 Å². The quantitative estimate of drug-likeness (QED) is 0.351. The first-order valence-electron chi connectivity index (χ1n) is 6.34. The van der Waals surface area contributed by atoms with Gasteiger partial charge in [0, 0.05) is 0 Å². The Morgan fingerprint density at radius 1 is 1.12 bits per heavy atom. The third kappa shape index (κ3) is 4.66. The molecule has 0 amide bonds. The minimum absolute atomic E-state index is 0.0299. The fourth-order valence-corrected chi connectivity index (χ4v) is 2.70. The Kier molecular flexibility index (Phi) is 6.03. The molecule has 14 heteroatoms. The van der Waals surface area contributed by atoms with Crippen molar-refractivity contribution in [3.63, 3.8) is 0 Å². The lowest BCUT2D eigenvalue weighted by Gasteiger charge is -2.35. The molecule has 0 aliphatic rings. The smallest absolute Gasteiger partial charge is 0.434 e. The van der Waals surface area contributed by atoms with Crippen molar-refractivity contribution in [2.45, 2.75) is 24.3 Å². The molecule has 1 aromatic carbocycles. The first-order chi connectivity index (χ1) is 11.5. The normalized spacial score (nSPS) is 13.5. The molecule has 0 unspecified atom stereocenters. The van der Waals surface area contributed by atoms with Gasteiger partial charge in [0.25, 0.3) is 10.1 Å². The van der Waals surface area contributed by atoms with Crippen molar-refractivity contribution < 1.29 is 53.2 Å². The van der Waals surface area contributed by atoms with Crippen LogP contribution in [-0.2, 0) is 21.2 Å². The molecule has 1 N–H and O–H groups in total. The predicted molar refractivity (Wildman–Crippen MR) is 72.5 cm³/mol. The van der Waals surface area contributed by atoms with Crippen LogP contribution in [-0.4, -0.2) is 50.5 Å². The second-order valence-electron chi connectivity index (χ2n) is 4.96. The van der Waals surface area contributed by atoms with E-state index in [4.69, 9.17) is 12.4 Å². The Bertz CT molecular complexity index is 774. The molecular weight excluding hydrogens is 400 g/mol. The van der Waals surface area contributed by atoms with Crippen LogP contribution >= 0.6 is 0 Å². The van der Waals surface area contributed by atoms with Crippen LogP contribution in [0.2, 0.25) is 0 Å². The molecule has 144 valence electrons. The number of rotatable bonds is 5. The SMILES string of the molecule is [B]Cc1ccc(F)c(C(=O)OC(CS(=O)(=O)O)(C(F)(F)F)C(F)(F)F)c1. The van der Waals surface area contributed by atoms with Crippen molar-refractivity contribution in [2.24, 2.45) is 0 Å². The number of benzene rings is 1. The first-order valence-corrected chi connectivity index (χ1v) is 7.95.